The van der Waals surface area contributed by atoms with E-state index in [1.165, 1.54) is 0 Å². The Hall–Kier alpha value is -0.280. The lowest BCUT2D eigenvalue weighted by Gasteiger charge is -2.18. The van der Waals surface area contributed by atoms with Gasteiger partial charge in [0.2, 0.25) is 0 Å². The van der Waals surface area contributed by atoms with Gasteiger partial charge in [-0.25, -0.2) is 0 Å². The summed E-state index contributed by atoms with van der Waals surface area (Å²) in [4.78, 5) is 2.30. The average molecular weight is 274 g/mol. The Morgan fingerprint density at radius 3 is 2.59 bits per heavy atom. The number of aliphatic hydroxyl groups excluding tert-OH is 1. The minimum Gasteiger partial charge on any atom is -0.393 e. The van der Waals surface area contributed by atoms with Crippen molar-refractivity contribution in [2.45, 2.75) is 26.0 Å². The van der Waals surface area contributed by atoms with Crippen molar-refractivity contribution in [2.75, 3.05) is 13.1 Å². The van der Waals surface area contributed by atoms with Gasteiger partial charge in [-0.2, -0.15) is 0 Å². The number of nitrogens with zero attached hydrogens (tertiary/aromatic N) is 1. The summed E-state index contributed by atoms with van der Waals surface area (Å²) in [5, 5.41) is 11.0. The van der Waals surface area contributed by atoms with Gasteiger partial charge >= 0.3 is 0 Å². The molecule has 0 spiro atoms. The van der Waals surface area contributed by atoms with Gasteiger partial charge in [0.1, 0.15) is 0 Å². The number of likely N-dealkylation sites (tertiary alicyclic amines) is 1. The van der Waals surface area contributed by atoms with Crippen molar-refractivity contribution in [3.05, 3.63) is 33.8 Å². The molecule has 1 N–H and O–H groups in total. The molecule has 0 aliphatic carbocycles. The van der Waals surface area contributed by atoms with Crippen molar-refractivity contribution in [2.24, 2.45) is 5.92 Å². The summed E-state index contributed by atoms with van der Waals surface area (Å²) < 4.78 is 0. The molecule has 17 heavy (non-hydrogen) atoms. The fraction of sp³-hybridized carbons (Fsp3) is 0.538. The molecule has 1 aliphatic heterocycles. The smallest absolute Gasteiger partial charge is 0.0552 e. The van der Waals surface area contributed by atoms with E-state index in [1.54, 1.807) is 0 Å². The summed E-state index contributed by atoms with van der Waals surface area (Å²) >= 11 is 12.3. The molecule has 0 radical (unpaired) electrons. The number of rotatable bonds is 3. The molecule has 94 valence electrons. The molecule has 4 heteroatoms. The number of hydrogen-bond donors (Lipinski definition) is 1. The van der Waals surface area contributed by atoms with Crippen LogP contribution in [0.1, 0.15) is 18.9 Å². The van der Waals surface area contributed by atoms with E-state index < -0.39 is 0 Å². The van der Waals surface area contributed by atoms with Crippen molar-refractivity contribution in [3.63, 3.8) is 0 Å². The third-order valence-corrected chi connectivity index (χ3v) is 4.14. The molecule has 0 aromatic heterocycles. The maximum atomic E-state index is 9.57. The summed E-state index contributed by atoms with van der Waals surface area (Å²) in [5.74, 6) is 0.372. The van der Waals surface area contributed by atoms with Crippen LogP contribution < -0.4 is 0 Å². The number of benzene rings is 1. The molecule has 1 heterocycles. The van der Waals surface area contributed by atoms with Crippen LogP contribution in [-0.4, -0.2) is 29.2 Å². The Bertz CT molecular complexity index is 375. The van der Waals surface area contributed by atoms with Gasteiger partial charge in [0.15, 0.2) is 0 Å². The summed E-state index contributed by atoms with van der Waals surface area (Å²) in [7, 11) is 0. The van der Waals surface area contributed by atoms with Gasteiger partial charge in [0.05, 0.1) is 6.10 Å². The lowest BCUT2D eigenvalue weighted by Crippen LogP contribution is -2.24. The second-order valence-electron chi connectivity index (χ2n) is 4.72. The third kappa shape index (κ3) is 3.14. The molecular weight excluding hydrogens is 257 g/mol. The zero-order chi connectivity index (χ0) is 12.4. The third-order valence-electron chi connectivity index (χ3n) is 3.43. The lowest BCUT2D eigenvalue weighted by atomic mass is 10.0. The van der Waals surface area contributed by atoms with E-state index in [2.05, 4.69) is 4.90 Å². The molecule has 1 aliphatic rings. The van der Waals surface area contributed by atoms with Crippen LogP contribution in [0.15, 0.2) is 18.2 Å². The van der Waals surface area contributed by atoms with Gasteiger partial charge in [-0.3, -0.25) is 4.90 Å². The van der Waals surface area contributed by atoms with Gasteiger partial charge in [-0.05, 0) is 37.9 Å². The number of aliphatic hydroxyl groups is 1. The first-order chi connectivity index (χ1) is 8.08. The van der Waals surface area contributed by atoms with Crippen molar-refractivity contribution in [1.82, 2.24) is 4.90 Å². The molecule has 1 saturated heterocycles. The quantitative estimate of drug-likeness (QED) is 0.915. The Kier molecular flexibility index (Phi) is 4.31. The van der Waals surface area contributed by atoms with Crippen molar-refractivity contribution < 1.29 is 5.11 Å². The highest BCUT2D eigenvalue weighted by Gasteiger charge is 2.26. The first-order valence-corrected chi connectivity index (χ1v) is 6.67. The molecule has 1 aromatic rings. The lowest BCUT2D eigenvalue weighted by molar-refractivity contribution is 0.127. The average Bonchev–Trinajstić information content (AvgIpc) is 2.72. The van der Waals surface area contributed by atoms with E-state index in [0.717, 1.165) is 41.7 Å². The van der Waals surface area contributed by atoms with E-state index in [1.807, 2.05) is 25.1 Å². The highest BCUT2D eigenvalue weighted by molar-refractivity contribution is 6.35. The van der Waals surface area contributed by atoms with Crippen LogP contribution in [0.25, 0.3) is 0 Å². The van der Waals surface area contributed by atoms with Gasteiger partial charge in [-0.1, -0.05) is 29.3 Å². The van der Waals surface area contributed by atoms with Crippen molar-refractivity contribution >= 4 is 23.2 Å². The highest BCUT2D eigenvalue weighted by Crippen LogP contribution is 2.28. The first kappa shape index (κ1) is 13.2. The summed E-state index contributed by atoms with van der Waals surface area (Å²) in [5.41, 5.74) is 0.988. The molecule has 2 atom stereocenters. The monoisotopic (exact) mass is 273 g/mol. The Morgan fingerprint density at radius 1 is 1.41 bits per heavy atom. The predicted molar refractivity (Wildman–Crippen MR) is 71.5 cm³/mol. The summed E-state index contributed by atoms with van der Waals surface area (Å²) in [6, 6.07) is 5.59. The first-order valence-electron chi connectivity index (χ1n) is 5.91. The van der Waals surface area contributed by atoms with E-state index in [0.29, 0.717) is 5.92 Å². The van der Waals surface area contributed by atoms with Gasteiger partial charge in [0.25, 0.3) is 0 Å². The molecule has 2 unspecified atom stereocenters. The van der Waals surface area contributed by atoms with E-state index in [9.17, 15) is 5.11 Å². The summed E-state index contributed by atoms with van der Waals surface area (Å²) in [6.45, 7) is 4.54. The molecular formula is C13H17Cl2NO. The Morgan fingerprint density at radius 2 is 2.06 bits per heavy atom. The Balaban J connectivity index is 2.03. The van der Waals surface area contributed by atoms with Crippen LogP contribution in [0.4, 0.5) is 0 Å². The van der Waals surface area contributed by atoms with Gasteiger partial charge < -0.3 is 5.11 Å². The molecule has 0 amide bonds. The number of hydrogen-bond acceptors (Lipinski definition) is 2. The van der Waals surface area contributed by atoms with Gasteiger partial charge in [-0.15, -0.1) is 0 Å². The van der Waals surface area contributed by atoms with Gasteiger partial charge in [0, 0.05) is 28.7 Å². The number of halogens is 2. The largest absolute Gasteiger partial charge is 0.393 e. The molecule has 2 nitrogen and oxygen atoms in total. The maximum Gasteiger partial charge on any atom is 0.0552 e. The molecule has 2 rings (SSSR count). The zero-order valence-electron chi connectivity index (χ0n) is 9.87. The Labute approximate surface area is 112 Å². The van der Waals surface area contributed by atoms with Crippen LogP contribution in [0.5, 0.6) is 0 Å². The van der Waals surface area contributed by atoms with Crippen LogP contribution in [0, 0.1) is 5.92 Å². The second kappa shape index (κ2) is 5.57. The van der Waals surface area contributed by atoms with E-state index >= 15 is 0 Å². The normalized spacial score (nSPS) is 22.9. The molecule has 1 aromatic carbocycles. The van der Waals surface area contributed by atoms with E-state index in [4.69, 9.17) is 23.2 Å². The minimum atomic E-state index is -0.235. The molecule has 0 saturated carbocycles. The topological polar surface area (TPSA) is 23.5 Å². The fourth-order valence-electron chi connectivity index (χ4n) is 2.31. The SMILES string of the molecule is CC(O)C1CCN(Cc2c(Cl)cccc2Cl)C1. The fourth-order valence-corrected chi connectivity index (χ4v) is 2.82. The minimum absolute atomic E-state index is 0.235. The van der Waals surface area contributed by atoms with Crippen molar-refractivity contribution in [3.8, 4) is 0 Å². The van der Waals surface area contributed by atoms with Crippen LogP contribution in [0.2, 0.25) is 10.0 Å². The van der Waals surface area contributed by atoms with Crippen LogP contribution >= 0.6 is 23.2 Å². The molecule has 0 bridgehead atoms. The second-order valence-corrected chi connectivity index (χ2v) is 5.54. The van der Waals surface area contributed by atoms with Crippen LogP contribution in [0.3, 0.4) is 0 Å². The standard InChI is InChI=1S/C13H17Cl2NO/c1-9(17)10-5-6-16(7-10)8-11-12(14)3-2-4-13(11)15/h2-4,9-10,17H,5-8H2,1H3. The van der Waals surface area contributed by atoms with E-state index in [-0.39, 0.29) is 6.10 Å². The summed E-state index contributed by atoms with van der Waals surface area (Å²) in [6.07, 6.45) is 0.807. The zero-order valence-corrected chi connectivity index (χ0v) is 11.4. The van der Waals surface area contributed by atoms with Crippen molar-refractivity contribution in [1.29, 1.82) is 0 Å². The van der Waals surface area contributed by atoms with Crippen LogP contribution in [-0.2, 0) is 6.54 Å². The maximum absolute atomic E-state index is 9.57. The molecule has 1 fully saturated rings. The predicted octanol–water partition coefficient (Wildman–Crippen LogP) is 3.20. The highest BCUT2D eigenvalue weighted by atomic mass is 35.5.